The average Bonchev–Trinajstić information content (AvgIpc) is 2.80. The van der Waals surface area contributed by atoms with Crippen LogP contribution in [0, 0.1) is 0 Å². The zero-order valence-electron chi connectivity index (χ0n) is 10.6. The fourth-order valence-corrected chi connectivity index (χ4v) is 2.67. The highest BCUT2D eigenvalue weighted by Crippen LogP contribution is 2.25. The second kappa shape index (κ2) is 4.90. The van der Waals surface area contributed by atoms with Gasteiger partial charge in [-0.05, 0) is 25.0 Å². The quantitative estimate of drug-likeness (QED) is 0.889. The third kappa shape index (κ3) is 2.16. The van der Waals surface area contributed by atoms with Crippen LogP contribution in [0.5, 0.6) is 0 Å². The Kier molecular flexibility index (Phi) is 3.11. The van der Waals surface area contributed by atoms with E-state index in [1.165, 1.54) is 11.4 Å². The van der Waals surface area contributed by atoms with E-state index in [4.69, 9.17) is 0 Å². The second-order valence-electron chi connectivity index (χ2n) is 4.80. The van der Waals surface area contributed by atoms with Gasteiger partial charge in [0.1, 0.15) is 0 Å². The van der Waals surface area contributed by atoms with Gasteiger partial charge in [0, 0.05) is 37.9 Å². The summed E-state index contributed by atoms with van der Waals surface area (Å²) in [4.78, 5) is 8.85. The van der Waals surface area contributed by atoms with Crippen molar-refractivity contribution in [2.24, 2.45) is 7.05 Å². The Morgan fingerprint density at radius 3 is 3.17 bits per heavy atom. The summed E-state index contributed by atoms with van der Waals surface area (Å²) in [7, 11) is 2.08. The highest BCUT2D eigenvalue weighted by atomic mass is 15.1. The van der Waals surface area contributed by atoms with E-state index in [1.54, 1.807) is 0 Å². The van der Waals surface area contributed by atoms with Crippen LogP contribution >= 0.6 is 0 Å². The van der Waals surface area contributed by atoms with Crippen molar-refractivity contribution in [1.29, 1.82) is 0 Å². The number of aromatic nitrogens is 3. The Bertz CT molecular complexity index is 518. The zero-order valence-corrected chi connectivity index (χ0v) is 10.6. The minimum atomic E-state index is 0.406. The Morgan fingerprint density at radius 1 is 1.39 bits per heavy atom. The molecule has 2 aromatic rings. The molecule has 0 aromatic carbocycles. The van der Waals surface area contributed by atoms with Crippen molar-refractivity contribution in [3.8, 4) is 0 Å². The maximum atomic E-state index is 4.47. The smallest absolute Gasteiger partial charge is 0.0949 e. The summed E-state index contributed by atoms with van der Waals surface area (Å²) >= 11 is 0. The van der Waals surface area contributed by atoms with Gasteiger partial charge in [-0.25, -0.2) is 4.98 Å². The van der Waals surface area contributed by atoms with Crippen LogP contribution in [-0.4, -0.2) is 21.1 Å². The van der Waals surface area contributed by atoms with E-state index in [1.807, 2.05) is 24.7 Å². The molecule has 2 aromatic heterocycles. The highest BCUT2D eigenvalue weighted by molar-refractivity contribution is 5.21. The minimum Gasteiger partial charge on any atom is -0.336 e. The van der Waals surface area contributed by atoms with Gasteiger partial charge in [0.25, 0.3) is 0 Å². The number of nitrogens with one attached hydrogen (secondary N) is 1. The normalized spacial score (nSPS) is 18.6. The first-order valence-electron chi connectivity index (χ1n) is 6.48. The lowest BCUT2D eigenvalue weighted by Crippen LogP contribution is -2.31. The molecule has 0 saturated carbocycles. The third-order valence-corrected chi connectivity index (χ3v) is 3.56. The molecule has 0 spiro atoms. The van der Waals surface area contributed by atoms with Crippen LogP contribution in [0.3, 0.4) is 0 Å². The Labute approximate surface area is 107 Å². The predicted molar refractivity (Wildman–Crippen MR) is 70.2 cm³/mol. The molecule has 4 nitrogen and oxygen atoms in total. The fourth-order valence-electron chi connectivity index (χ4n) is 2.67. The molecular formula is C14H18N4. The van der Waals surface area contributed by atoms with Crippen molar-refractivity contribution >= 4 is 0 Å². The molecule has 3 rings (SSSR count). The summed E-state index contributed by atoms with van der Waals surface area (Å²) in [5, 5.41) is 3.58. The lowest BCUT2D eigenvalue weighted by molar-refractivity contribution is 0.450. The van der Waals surface area contributed by atoms with E-state index < -0.39 is 0 Å². The van der Waals surface area contributed by atoms with E-state index in [-0.39, 0.29) is 0 Å². The van der Waals surface area contributed by atoms with Crippen LogP contribution in [0.25, 0.3) is 0 Å². The maximum absolute atomic E-state index is 4.47. The van der Waals surface area contributed by atoms with E-state index in [0.29, 0.717) is 6.04 Å². The van der Waals surface area contributed by atoms with Crippen LogP contribution in [0.15, 0.2) is 30.7 Å². The van der Waals surface area contributed by atoms with Gasteiger partial charge in [0.2, 0.25) is 0 Å². The molecule has 1 aliphatic rings. The topological polar surface area (TPSA) is 42.7 Å². The molecule has 0 fully saturated rings. The molecule has 1 atom stereocenters. The number of pyridine rings is 1. The first-order chi connectivity index (χ1) is 8.84. The fraction of sp³-hybridized carbons (Fsp3) is 0.429. The molecule has 4 heteroatoms. The van der Waals surface area contributed by atoms with Gasteiger partial charge in [-0.2, -0.15) is 0 Å². The average molecular weight is 242 g/mol. The van der Waals surface area contributed by atoms with Gasteiger partial charge in [0.15, 0.2) is 0 Å². The van der Waals surface area contributed by atoms with E-state index in [0.717, 1.165) is 31.5 Å². The summed E-state index contributed by atoms with van der Waals surface area (Å²) in [5.41, 5.74) is 3.76. The highest BCUT2D eigenvalue weighted by Gasteiger charge is 2.23. The molecule has 1 aliphatic heterocycles. The largest absolute Gasteiger partial charge is 0.336 e. The summed E-state index contributed by atoms with van der Waals surface area (Å²) < 4.78 is 2.14. The number of imidazole rings is 1. The molecule has 3 heterocycles. The predicted octanol–water partition coefficient (Wildman–Crippen LogP) is 1.63. The van der Waals surface area contributed by atoms with Crippen molar-refractivity contribution in [3.63, 3.8) is 0 Å². The van der Waals surface area contributed by atoms with Gasteiger partial charge in [-0.1, -0.05) is 6.07 Å². The van der Waals surface area contributed by atoms with Crippen LogP contribution in [0.4, 0.5) is 0 Å². The summed E-state index contributed by atoms with van der Waals surface area (Å²) in [6, 6.07) is 6.50. The van der Waals surface area contributed by atoms with Crippen LogP contribution in [0.1, 0.15) is 29.5 Å². The van der Waals surface area contributed by atoms with Gasteiger partial charge < -0.3 is 9.88 Å². The summed E-state index contributed by atoms with van der Waals surface area (Å²) in [5.74, 6) is 0. The van der Waals surface area contributed by atoms with Crippen LogP contribution in [0.2, 0.25) is 0 Å². The van der Waals surface area contributed by atoms with E-state index in [9.17, 15) is 0 Å². The summed E-state index contributed by atoms with van der Waals surface area (Å²) in [6.45, 7) is 1.02. The van der Waals surface area contributed by atoms with Crippen molar-refractivity contribution < 1.29 is 0 Å². The molecule has 1 unspecified atom stereocenters. The molecule has 0 radical (unpaired) electrons. The third-order valence-electron chi connectivity index (χ3n) is 3.56. The number of aryl methyl sites for hydroxylation is 2. The van der Waals surface area contributed by atoms with Crippen molar-refractivity contribution in [2.75, 3.05) is 6.54 Å². The molecule has 1 N–H and O–H groups in total. The van der Waals surface area contributed by atoms with Crippen molar-refractivity contribution in [2.45, 2.75) is 25.3 Å². The van der Waals surface area contributed by atoms with Gasteiger partial charge in [-0.15, -0.1) is 0 Å². The number of rotatable bonds is 3. The first-order valence-corrected chi connectivity index (χ1v) is 6.48. The van der Waals surface area contributed by atoms with Gasteiger partial charge in [-0.3, -0.25) is 4.98 Å². The standard InChI is InChI=1S/C14H18N4/c1-18-10-17-13-7-9-16-12(14(13)18)6-5-11-4-2-3-8-15-11/h2-4,8,10,12,16H,5-7,9H2,1H3. The Hall–Kier alpha value is -1.68. The van der Waals surface area contributed by atoms with Crippen LogP contribution < -0.4 is 5.32 Å². The Morgan fingerprint density at radius 2 is 2.33 bits per heavy atom. The SMILES string of the molecule is Cn1cnc2c1C(CCc1ccccn1)NCC2. The summed E-state index contributed by atoms with van der Waals surface area (Å²) in [6.07, 6.45) is 6.90. The zero-order chi connectivity index (χ0) is 12.4. The molecule has 0 saturated heterocycles. The molecule has 0 aliphatic carbocycles. The van der Waals surface area contributed by atoms with Crippen molar-refractivity contribution in [1.82, 2.24) is 19.9 Å². The monoisotopic (exact) mass is 242 g/mol. The lowest BCUT2D eigenvalue weighted by Gasteiger charge is -2.24. The van der Waals surface area contributed by atoms with Gasteiger partial charge >= 0.3 is 0 Å². The van der Waals surface area contributed by atoms with E-state index >= 15 is 0 Å². The number of nitrogens with zero attached hydrogens (tertiary/aromatic N) is 3. The lowest BCUT2D eigenvalue weighted by atomic mass is 9.99. The van der Waals surface area contributed by atoms with Crippen LogP contribution in [-0.2, 0) is 19.9 Å². The van der Waals surface area contributed by atoms with E-state index in [2.05, 4.69) is 33.0 Å². The molecule has 94 valence electrons. The first kappa shape index (κ1) is 11.4. The van der Waals surface area contributed by atoms with Crippen molar-refractivity contribution in [3.05, 3.63) is 47.8 Å². The maximum Gasteiger partial charge on any atom is 0.0949 e. The minimum absolute atomic E-state index is 0.406. The second-order valence-corrected chi connectivity index (χ2v) is 4.80. The Balaban J connectivity index is 1.73. The van der Waals surface area contributed by atoms with Gasteiger partial charge in [0.05, 0.1) is 17.7 Å². The number of fused-ring (bicyclic) bond motifs is 1. The molecular weight excluding hydrogens is 224 g/mol. The molecule has 0 amide bonds. The number of hydrogen-bond donors (Lipinski definition) is 1. The number of hydrogen-bond acceptors (Lipinski definition) is 3. The molecule has 18 heavy (non-hydrogen) atoms. The molecule has 0 bridgehead atoms.